The standard InChI is InChI=1S/C15H32N2/c1-5-6-10-17(4)15(12-16)9-7-8-14(11-15)13(2)3/h13-14H,5-12,16H2,1-4H3. The van der Waals surface area contributed by atoms with E-state index in [1.807, 2.05) is 0 Å². The highest BCUT2D eigenvalue weighted by Crippen LogP contribution is 2.39. The van der Waals surface area contributed by atoms with Crippen molar-refractivity contribution >= 4 is 0 Å². The van der Waals surface area contributed by atoms with E-state index in [2.05, 4.69) is 32.7 Å². The van der Waals surface area contributed by atoms with Crippen LogP contribution < -0.4 is 5.73 Å². The second-order valence-electron chi connectivity index (χ2n) is 6.30. The number of nitrogens with zero attached hydrogens (tertiary/aromatic N) is 1. The van der Waals surface area contributed by atoms with Crippen LogP contribution in [0.1, 0.15) is 59.3 Å². The highest BCUT2D eigenvalue weighted by molar-refractivity contribution is 4.96. The number of hydrogen-bond donors (Lipinski definition) is 1. The first kappa shape index (κ1) is 15.0. The Morgan fingerprint density at radius 2 is 2.12 bits per heavy atom. The molecular formula is C15H32N2. The molecule has 0 aliphatic heterocycles. The van der Waals surface area contributed by atoms with Gasteiger partial charge in [-0.15, -0.1) is 0 Å². The molecule has 102 valence electrons. The summed E-state index contributed by atoms with van der Waals surface area (Å²) in [7, 11) is 2.28. The molecule has 17 heavy (non-hydrogen) atoms. The summed E-state index contributed by atoms with van der Waals surface area (Å²) in [6.45, 7) is 9.03. The first-order chi connectivity index (χ1) is 8.05. The summed E-state index contributed by atoms with van der Waals surface area (Å²) >= 11 is 0. The topological polar surface area (TPSA) is 29.3 Å². The van der Waals surface area contributed by atoms with Gasteiger partial charge in [-0.25, -0.2) is 0 Å². The fourth-order valence-electron chi connectivity index (χ4n) is 3.27. The molecule has 0 heterocycles. The smallest absolute Gasteiger partial charge is 0.0331 e. The van der Waals surface area contributed by atoms with Crippen molar-refractivity contribution in [3.8, 4) is 0 Å². The van der Waals surface area contributed by atoms with Crippen molar-refractivity contribution in [3.63, 3.8) is 0 Å². The third-order valence-electron chi connectivity index (χ3n) is 4.84. The van der Waals surface area contributed by atoms with Crippen LogP contribution in [0, 0.1) is 11.8 Å². The van der Waals surface area contributed by atoms with E-state index in [9.17, 15) is 0 Å². The minimum absolute atomic E-state index is 0.294. The highest BCUT2D eigenvalue weighted by atomic mass is 15.2. The number of unbranched alkanes of at least 4 members (excludes halogenated alkanes) is 1. The predicted octanol–water partition coefficient (Wildman–Crippen LogP) is 3.26. The van der Waals surface area contributed by atoms with Crippen LogP contribution in [0.4, 0.5) is 0 Å². The zero-order valence-electron chi connectivity index (χ0n) is 12.3. The van der Waals surface area contributed by atoms with E-state index >= 15 is 0 Å². The van der Waals surface area contributed by atoms with Gasteiger partial charge in [0.2, 0.25) is 0 Å². The molecule has 0 radical (unpaired) electrons. The molecule has 1 fully saturated rings. The lowest BCUT2D eigenvalue weighted by atomic mass is 9.71. The first-order valence-electron chi connectivity index (χ1n) is 7.47. The molecule has 0 spiro atoms. The lowest BCUT2D eigenvalue weighted by Gasteiger charge is -2.47. The zero-order chi connectivity index (χ0) is 12.9. The van der Waals surface area contributed by atoms with Gasteiger partial charge in [-0.05, 0) is 44.7 Å². The second-order valence-corrected chi connectivity index (χ2v) is 6.30. The molecule has 1 aliphatic rings. The molecule has 2 heteroatoms. The van der Waals surface area contributed by atoms with E-state index in [1.54, 1.807) is 0 Å². The van der Waals surface area contributed by atoms with E-state index in [-0.39, 0.29) is 0 Å². The molecule has 1 saturated carbocycles. The van der Waals surface area contributed by atoms with Gasteiger partial charge in [0.05, 0.1) is 0 Å². The van der Waals surface area contributed by atoms with Crippen molar-refractivity contribution in [3.05, 3.63) is 0 Å². The Balaban J connectivity index is 2.65. The van der Waals surface area contributed by atoms with Gasteiger partial charge in [-0.3, -0.25) is 4.90 Å². The van der Waals surface area contributed by atoms with Crippen LogP contribution >= 0.6 is 0 Å². The van der Waals surface area contributed by atoms with Crippen LogP contribution in [0.15, 0.2) is 0 Å². The highest BCUT2D eigenvalue weighted by Gasteiger charge is 2.38. The quantitative estimate of drug-likeness (QED) is 0.772. The van der Waals surface area contributed by atoms with Gasteiger partial charge in [-0.2, -0.15) is 0 Å². The van der Waals surface area contributed by atoms with Crippen LogP contribution in [-0.2, 0) is 0 Å². The molecule has 0 aromatic heterocycles. The fourth-order valence-corrected chi connectivity index (χ4v) is 3.27. The average molecular weight is 240 g/mol. The molecule has 0 saturated heterocycles. The molecule has 1 rings (SSSR count). The van der Waals surface area contributed by atoms with Crippen molar-refractivity contribution in [2.24, 2.45) is 17.6 Å². The molecule has 2 unspecified atom stereocenters. The molecule has 2 N–H and O–H groups in total. The fraction of sp³-hybridized carbons (Fsp3) is 1.00. The van der Waals surface area contributed by atoms with Crippen molar-refractivity contribution in [1.29, 1.82) is 0 Å². The van der Waals surface area contributed by atoms with Crippen molar-refractivity contribution in [2.45, 2.75) is 64.8 Å². The summed E-state index contributed by atoms with van der Waals surface area (Å²) in [5.41, 5.74) is 6.43. The van der Waals surface area contributed by atoms with Crippen LogP contribution in [0.25, 0.3) is 0 Å². The predicted molar refractivity (Wildman–Crippen MR) is 76.1 cm³/mol. The maximum absolute atomic E-state index is 6.13. The molecule has 0 bridgehead atoms. The lowest BCUT2D eigenvalue weighted by Crippen LogP contribution is -2.55. The first-order valence-corrected chi connectivity index (χ1v) is 7.47. The summed E-state index contributed by atoms with van der Waals surface area (Å²) in [5.74, 6) is 1.68. The maximum Gasteiger partial charge on any atom is 0.0331 e. The Morgan fingerprint density at radius 1 is 1.41 bits per heavy atom. The number of likely N-dealkylation sites (N-methyl/N-ethyl adjacent to an activating group) is 1. The van der Waals surface area contributed by atoms with Gasteiger partial charge in [0.15, 0.2) is 0 Å². The zero-order valence-corrected chi connectivity index (χ0v) is 12.3. The Labute approximate surface area is 108 Å². The monoisotopic (exact) mass is 240 g/mol. The minimum atomic E-state index is 0.294. The molecular weight excluding hydrogens is 208 g/mol. The number of nitrogens with two attached hydrogens (primary N) is 1. The largest absolute Gasteiger partial charge is 0.329 e. The van der Waals surface area contributed by atoms with E-state index < -0.39 is 0 Å². The van der Waals surface area contributed by atoms with Crippen LogP contribution in [0.5, 0.6) is 0 Å². The van der Waals surface area contributed by atoms with Gasteiger partial charge in [0, 0.05) is 12.1 Å². The minimum Gasteiger partial charge on any atom is -0.329 e. The molecule has 0 amide bonds. The SMILES string of the molecule is CCCCN(C)C1(CN)CCCC(C(C)C)C1. The molecule has 0 aromatic carbocycles. The summed E-state index contributed by atoms with van der Waals surface area (Å²) in [6.07, 6.45) is 7.94. The van der Waals surface area contributed by atoms with E-state index in [0.717, 1.165) is 18.4 Å². The van der Waals surface area contributed by atoms with Gasteiger partial charge in [0.1, 0.15) is 0 Å². The van der Waals surface area contributed by atoms with Crippen molar-refractivity contribution < 1.29 is 0 Å². The third kappa shape index (κ3) is 3.69. The van der Waals surface area contributed by atoms with Crippen molar-refractivity contribution in [1.82, 2.24) is 4.90 Å². The Morgan fingerprint density at radius 3 is 2.65 bits per heavy atom. The van der Waals surface area contributed by atoms with Gasteiger partial charge in [-0.1, -0.05) is 40.0 Å². The van der Waals surface area contributed by atoms with E-state index in [0.29, 0.717) is 5.54 Å². The Kier molecular flexibility index (Phi) is 5.94. The Bertz CT molecular complexity index is 215. The third-order valence-corrected chi connectivity index (χ3v) is 4.84. The summed E-state index contributed by atoms with van der Waals surface area (Å²) < 4.78 is 0. The van der Waals surface area contributed by atoms with Gasteiger partial charge < -0.3 is 5.73 Å². The molecule has 0 aromatic rings. The van der Waals surface area contributed by atoms with E-state index in [4.69, 9.17) is 5.73 Å². The molecule has 2 atom stereocenters. The van der Waals surface area contributed by atoms with Gasteiger partial charge >= 0.3 is 0 Å². The average Bonchev–Trinajstić information content (AvgIpc) is 2.35. The summed E-state index contributed by atoms with van der Waals surface area (Å²) in [5, 5.41) is 0. The van der Waals surface area contributed by atoms with Crippen LogP contribution in [0.3, 0.4) is 0 Å². The van der Waals surface area contributed by atoms with Crippen molar-refractivity contribution in [2.75, 3.05) is 20.1 Å². The summed E-state index contributed by atoms with van der Waals surface area (Å²) in [4.78, 5) is 2.56. The second kappa shape index (κ2) is 6.75. The molecule has 1 aliphatic carbocycles. The van der Waals surface area contributed by atoms with Crippen LogP contribution in [0.2, 0.25) is 0 Å². The number of hydrogen-bond acceptors (Lipinski definition) is 2. The normalized spacial score (nSPS) is 30.2. The van der Waals surface area contributed by atoms with Gasteiger partial charge in [0.25, 0.3) is 0 Å². The van der Waals surface area contributed by atoms with Crippen LogP contribution in [-0.4, -0.2) is 30.6 Å². The summed E-state index contributed by atoms with van der Waals surface area (Å²) in [6, 6.07) is 0. The number of rotatable bonds is 6. The lowest BCUT2D eigenvalue weighted by molar-refractivity contribution is 0.0443. The Hall–Kier alpha value is -0.0800. The maximum atomic E-state index is 6.13. The van der Waals surface area contributed by atoms with E-state index in [1.165, 1.54) is 45.1 Å². The molecule has 2 nitrogen and oxygen atoms in total.